The lowest BCUT2D eigenvalue weighted by Crippen LogP contribution is -2.41. The topological polar surface area (TPSA) is 44.2 Å². The van der Waals surface area contributed by atoms with E-state index in [1.54, 1.807) is 0 Å². The van der Waals surface area contributed by atoms with Crippen molar-refractivity contribution in [3.05, 3.63) is 79.0 Å². The van der Waals surface area contributed by atoms with Crippen LogP contribution in [0.1, 0.15) is 27.7 Å². The van der Waals surface area contributed by atoms with Gasteiger partial charge in [0.05, 0.1) is 27.9 Å². The first-order valence-corrected chi connectivity index (χ1v) is 11.4. The summed E-state index contributed by atoms with van der Waals surface area (Å²) in [5, 5.41) is 4.42. The summed E-state index contributed by atoms with van der Waals surface area (Å²) in [6.45, 7) is 8.30. The van der Waals surface area contributed by atoms with Crippen LogP contribution in [0.5, 0.6) is 0 Å². The van der Waals surface area contributed by atoms with E-state index in [4.69, 9.17) is 19.3 Å². The van der Waals surface area contributed by atoms with E-state index in [2.05, 4.69) is 76.2 Å². The highest BCUT2D eigenvalue weighted by atomic mass is 16.7. The first kappa shape index (κ1) is 20.3. The molecular formula is C28H25BN2O2. The fourth-order valence-electron chi connectivity index (χ4n) is 4.59. The Kier molecular flexibility index (Phi) is 4.38. The van der Waals surface area contributed by atoms with E-state index in [1.165, 1.54) is 0 Å². The highest BCUT2D eigenvalue weighted by Gasteiger charge is 2.51. The Bertz CT molecular complexity index is 1510. The second-order valence-electron chi connectivity index (χ2n) is 9.75. The van der Waals surface area contributed by atoms with Crippen molar-refractivity contribution in [1.82, 2.24) is 9.97 Å². The van der Waals surface area contributed by atoms with Gasteiger partial charge in [0.15, 0.2) is 0 Å². The van der Waals surface area contributed by atoms with Crippen molar-refractivity contribution in [3.63, 3.8) is 0 Å². The molecule has 1 aliphatic heterocycles. The van der Waals surface area contributed by atoms with Crippen LogP contribution in [0, 0.1) is 0 Å². The van der Waals surface area contributed by atoms with E-state index in [0.717, 1.165) is 49.3 Å². The van der Waals surface area contributed by atoms with Gasteiger partial charge in [-0.3, -0.25) is 4.98 Å². The van der Waals surface area contributed by atoms with Gasteiger partial charge in [-0.25, -0.2) is 4.98 Å². The zero-order chi connectivity index (χ0) is 22.8. The number of pyridine rings is 2. The van der Waals surface area contributed by atoms with E-state index in [0.29, 0.717) is 0 Å². The molecule has 0 saturated carbocycles. The third-order valence-corrected chi connectivity index (χ3v) is 7.13. The molecule has 0 bridgehead atoms. The molecule has 1 aliphatic rings. The average Bonchev–Trinajstić information content (AvgIpc) is 3.05. The first-order chi connectivity index (χ1) is 15.8. The highest BCUT2D eigenvalue weighted by molar-refractivity contribution is 6.62. The summed E-state index contributed by atoms with van der Waals surface area (Å²) in [6.07, 6.45) is 1.86. The van der Waals surface area contributed by atoms with E-state index in [9.17, 15) is 0 Å². The number of fused-ring (bicyclic) bond motifs is 5. The van der Waals surface area contributed by atoms with Gasteiger partial charge in [-0.15, -0.1) is 0 Å². The standard InChI is InChI=1S/C28H25BN2O2/c1-27(2)28(3,4)33-29(32-27)20-13-15-21-23(17-20)31-25(18-9-6-5-7-10-18)22-14-12-19-11-8-16-30-26(19)24(21)22/h5-17H,1-4H3. The van der Waals surface area contributed by atoms with Crippen LogP contribution in [0.15, 0.2) is 79.0 Å². The van der Waals surface area contributed by atoms with Crippen LogP contribution >= 0.6 is 0 Å². The molecule has 4 nitrogen and oxygen atoms in total. The van der Waals surface area contributed by atoms with Gasteiger partial charge < -0.3 is 9.31 Å². The summed E-state index contributed by atoms with van der Waals surface area (Å²) in [5.41, 5.74) is 4.13. The van der Waals surface area contributed by atoms with Gasteiger partial charge in [-0.05, 0) is 45.3 Å². The minimum absolute atomic E-state index is 0.390. The molecule has 33 heavy (non-hydrogen) atoms. The maximum atomic E-state index is 6.31. The Morgan fingerprint density at radius 1 is 0.758 bits per heavy atom. The zero-order valence-corrected chi connectivity index (χ0v) is 19.3. The molecule has 0 unspecified atom stereocenters. The molecule has 3 aromatic carbocycles. The first-order valence-electron chi connectivity index (χ1n) is 11.4. The minimum atomic E-state index is -0.428. The van der Waals surface area contributed by atoms with Gasteiger partial charge in [0, 0.05) is 33.3 Å². The number of benzene rings is 3. The molecule has 1 fully saturated rings. The molecule has 1 saturated heterocycles. The lowest BCUT2D eigenvalue weighted by Gasteiger charge is -2.32. The van der Waals surface area contributed by atoms with Crippen molar-refractivity contribution in [2.45, 2.75) is 38.9 Å². The maximum absolute atomic E-state index is 6.31. The molecule has 0 N–H and O–H groups in total. The second-order valence-corrected chi connectivity index (χ2v) is 9.75. The van der Waals surface area contributed by atoms with Crippen LogP contribution in [0.25, 0.3) is 43.8 Å². The highest BCUT2D eigenvalue weighted by Crippen LogP contribution is 2.38. The molecule has 162 valence electrons. The van der Waals surface area contributed by atoms with Crippen LogP contribution in [-0.2, 0) is 9.31 Å². The summed E-state index contributed by atoms with van der Waals surface area (Å²) in [4.78, 5) is 9.90. The molecule has 0 amide bonds. The monoisotopic (exact) mass is 432 g/mol. The lowest BCUT2D eigenvalue weighted by atomic mass is 9.78. The predicted octanol–water partition coefficient (Wildman–Crippen LogP) is 5.90. The summed E-state index contributed by atoms with van der Waals surface area (Å²) >= 11 is 0. The smallest absolute Gasteiger partial charge is 0.399 e. The van der Waals surface area contributed by atoms with E-state index >= 15 is 0 Å². The van der Waals surface area contributed by atoms with Gasteiger partial charge in [-0.2, -0.15) is 0 Å². The SMILES string of the molecule is CC1(C)OB(c2ccc3c(c2)nc(-c2ccccc2)c2ccc4cccnc4c23)OC1(C)C. The van der Waals surface area contributed by atoms with Crippen molar-refractivity contribution in [3.8, 4) is 11.3 Å². The number of hydrogen-bond donors (Lipinski definition) is 0. The summed E-state index contributed by atoms with van der Waals surface area (Å²) in [7, 11) is -0.428. The Morgan fingerprint density at radius 2 is 1.48 bits per heavy atom. The number of aromatic nitrogens is 2. The van der Waals surface area contributed by atoms with Crippen LogP contribution in [0.2, 0.25) is 0 Å². The molecular weight excluding hydrogens is 407 g/mol. The van der Waals surface area contributed by atoms with Crippen molar-refractivity contribution in [1.29, 1.82) is 0 Å². The Morgan fingerprint density at radius 3 is 2.24 bits per heavy atom. The Balaban J connectivity index is 1.64. The number of hydrogen-bond acceptors (Lipinski definition) is 4. The van der Waals surface area contributed by atoms with Gasteiger partial charge in [0.1, 0.15) is 0 Å². The van der Waals surface area contributed by atoms with Gasteiger partial charge in [0.2, 0.25) is 0 Å². The average molecular weight is 432 g/mol. The van der Waals surface area contributed by atoms with Crippen LogP contribution < -0.4 is 5.46 Å². The molecule has 0 spiro atoms. The molecule has 5 aromatic rings. The number of rotatable bonds is 2. The normalized spacial score (nSPS) is 17.3. The third-order valence-electron chi connectivity index (χ3n) is 7.13. The quantitative estimate of drug-likeness (QED) is 0.257. The van der Waals surface area contributed by atoms with Crippen LogP contribution in [0.4, 0.5) is 0 Å². The van der Waals surface area contributed by atoms with E-state index in [-0.39, 0.29) is 0 Å². The molecule has 0 aliphatic carbocycles. The minimum Gasteiger partial charge on any atom is -0.399 e. The molecule has 3 heterocycles. The van der Waals surface area contributed by atoms with Gasteiger partial charge in [-0.1, -0.05) is 60.7 Å². The molecule has 5 heteroatoms. The van der Waals surface area contributed by atoms with Crippen molar-refractivity contribution >= 4 is 45.2 Å². The van der Waals surface area contributed by atoms with Gasteiger partial charge >= 0.3 is 7.12 Å². The summed E-state index contributed by atoms with van der Waals surface area (Å²) in [6, 6.07) is 25.0. The summed E-state index contributed by atoms with van der Waals surface area (Å²) < 4.78 is 12.6. The van der Waals surface area contributed by atoms with E-state index in [1.807, 2.05) is 30.5 Å². The van der Waals surface area contributed by atoms with Crippen molar-refractivity contribution in [2.24, 2.45) is 0 Å². The third kappa shape index (κ3) is 3.15. The molecule has 2 aromatic heterocycles. The van der Waals surface area contributed by atoms with Crippen molar-refractivity contribution < 1.29 is 9.31 Å². The lowest BCUT2D eigenvalue weighted by molar-refractivity contribution is 0.00578. The van der Waals surface area contributed by atoms with Crippen molar-refractivity contribution in [2.75, 3.05) is 0 Å². The zero-order valence-electron chi connectivity index (χ0n) is 19.3. The maximum Gasteiger partial charge on any atom is 0.494 e. The molecule has 6 rings (SSSR count). The van der Waals surface area contributed by atoms with Gasteiger partial charge in [0.25, 0.3) is 0 Å². The molecule has 0 radical (unpaired) electrons. The second kappa shape index (κ2) is 7.11. The van der Waals surface area contributed by atoms with Crippen LogP contribution in [0.3, 0.4) is 0 Å². The summed E-state index contributed by atoms with van der Waals surface area (Å²) in [5.74, 6) is 0. The van der Waals surface area contributed by atoms with E-state index < -0.39 is 18.3 Å². The largest absolute Gasteiger partial charge is 0.494 e. The Labute approximate surface area is 193 Å². The predicted molar refractivity (Wildman–Crippen MR) is 136 cm³/mol. The fourth-order valence-corrected chi connectivity index (χ4v) is 4.59. The Hall–Kier alpha value is -3.28. The van der Waals surface area contributed by atoms with Crippen LogP contribution in [-0.4, -0.2) is 28.3 Å². The number of nitrogens with zero attached hydrogens (tertiary/aromatic N) is 2. The molecule has 0 atom stereocenters. The fraction of sp³-hybridized carbons (Fsp3) is 0.214.